The third-order valence-electron chi connectivity index (χ3n) is 5.84. The summed E-state index contributed by atoms with van der Waals surface area (Å²) in [5, 5.41) is 7.43. The van der Waals surface area contributed by atoms with Crippen LogP contribution in [0.1, 0.15) is 41.7 Å². The van der Waals surface area contributed by atoms with Gasteiger partial charge in [-0.25, -0.2) is 4.98 Å². The molecule has 3 aromatic rings. The number of nitrogens with one attached hydrogen (secondary N) is 2. The molecule has 0 bridgehead atoms. The second kappa shape index (κ2) is 9.47. The molecule has 2 aromatic carbocycles. The Morgan fingerprint density at radius 2 is 1.76 bits per heavy atom. The van der Waals surface area contributed by atoms with Gasteiger partial charge in [-0.2, -0.15) is 13.2 Å². The first-order valence-corrected chi connectivity index (χ1v) is 11.0. The Hall–Kier alpha value is -3.00. The lowest BCUT2D eigenvalue weighted by Gasteiger charge is -2.31. The quantitative estimate of drug-likeness (QED) is 0.468. The lowest BCUT2D eigenvalue weighted by Crippen LogP contribution is -2.40. The molecule has 33 heavy (non-hydrogen) atoms. The highest BCUT2D eigenvalue weighted by Gasteiger charge is 2.34. The molecule has 2 N–H and O–H groups in total. The van der Waals surface area contributed by atoms with Gasteiger partial charge in [-0.1, -0.05) is 29.8 Å². The normalized spacial score (nSPS) is 18.7. The van der Waals surface area contributed by atoms with Crippen LogP contribution in [-0.4, -0.2) is 30.1 Å². The van der Waals surface area contributed by atoms with E-state index < -0.39 is 11.9 Å². The van der Waals surface area contributed by atoms with E-state index in [9.17, 15) is 18.0 Å². The predicted octanol–water partition coefficient (Wildman–Crippen LogP) is 6.07. The Morgan fingerprint density at radius 3 is 2.45 bits per heavy atom. The Labute approximate surface area is 194 Å². The SMILES string of the molecule is COc1cc(Cl)ccc1C(=O)N[C@H]1CC[C@@H](Nc2cc(C(F)(F)F)nc3ccccc23)CC1. The molecule has 0 atom stereocenters. The summed E-state index contributed by atoms with van der Waals surface area (Å²) in [7, 11) is 1.48. The minimum absolute atomic E-state index is 0.00453. The number of halogens is 4. The number of aromatic nitrogens is 1. The number of ether oxygens (including phenoxy) is 1. The van der Waals surface area contributed by atoms with Crippen LogP contribution in [0, 0.1) is 0 Å². The summed E-state index contributed by atoms with van der Waals surface area (Å²) in [5.41, 5.74) is 0.214. The maximum atomic E-state index is 13.3. The van der Waals surface area contributed by atoms with Crippen LogP contribution >= 0.6 is 11.6 Å². The van der Waals surface area contributed by atoms with Crippen molar-refractivity contribution in [2.75, 3.05) is 12.4 Å². The number of hydrogen-bond donors (Lipinski definition) is 2. The van der Waals surface area contributed by atoms with E-state index in [1.807, 2.05) is 0 Å². The van der Waals surface area contributed by atoms with Crippen LogP contribution in [0.15, 0.2) is 48.5 Å². The number of rotatable bonds is 5. The van der Waals surface area contributed by atoms with Crippen LogP contribution in [0.5, 0.6) is 5.75 Å². The number of carbonyl (C=O) groups excluding carboxylic acids is 1. The van der Waals surface area contributed by atoms with Crippen LogP contribution in [0.25, 0.3) is 10.9 Å². The van der Waals surface area contributed by atoms with E-state index in [1.54, 1.807) is 42.5 Å². The number of fused-ring (bicyclic) bond motifs is 1. The average Bonchev–Trinajstić information content (AvgIpc) is 2.79. The molecule has 1 heterocycles. The number of carbonyl (C=O) groups is 1. The number of anilines is 1. The lowest BCUT2D eigenvalue weighted by molar-refractivity contribution is -0.140. The fourth-order valence-electron chi connectivity index (χ4n) is 4.16. The summed E-state index contributed by atoms with van der Waals surface area (Å²) >= 11 is 5.96. The van der Waals surface area contributed by atoms with Crippen molar-refractivity contribution in [2.45, 2.75) is 43.9 Å². The molecule has 1 saturated carbocycles. The highest BCUT2D eigenvalue weighted by Crippen LogP contribution is 2.34. The first-order chi connectivity index (χ1) is 15.7. The van der Waals surface area contributed by atoms with Gasteiger partial charge in [0.15, 0.2) is 0 Å². The first kappa shape index (κ1) is 23.2. The fourth-order valence-corrected chi connectivity index (χ4v) is 4.32. The number of hydrogen-bond acceptors (Lipinski definition) is 4. The predicted molar refractivity (Wildman–Crippen MR) is 122 cm³/mol. The van der Waals surface area contributed by atoms with Gasteiger partial charge in [0.05, 0.1) is 18.2 Å². The first-order valence-electron chi connectivity index (χ1n) is 10.6. The molecule has 0 unspecified atom stereocenters. The monoisotopic (exact) mass is 477 g/mol. The summed E-state index contributed by atoms with van der Waals surface area (Å²) in [6, 6.07) is 12.7. The average molecular weight is 478 g/mol. The minimum atomic E-state index is -4.52. The minimum Gasteiger partial charge on any atom is -0.496 e. The van der Waals surface area contributed by atoms with Crippen LogP contribution in [0.3, 0.4) is 0 Å². The van der Waals surface area contributed by atoms with Crippen molar-refractivity contribution in [2.24, 2.45) is 0 Å². The standard InChI is InChI=1S/C24H23ClF3N3O2/c1-33-21-12-14(25)6-11-18(21)23(32)30-16-9-7-15(8-10-16)29-20-13-22(24(26,27)28)31-19-5-3-2-4-17(19)20/h2-6,11-13,15-16H,7-10H2,1H3,(H,29,31)(H,30,32)/t15-,16+. The van der Waals surface area contributed by atoms with E-state index in [0.717, 1.165) is 6.07 Å². The molecule has 174 valence electrons. The molecule has 1 fully saturated rings. The zero-order valence-corrected chi connectivity index (χ0v) is 18.6. The van der Waals surface area contributed by atoms with Crippen LogP contribution in [-0.2, 0) is 6.18 Å². The highest BCUT2D eigenvalue weighted by molar-refractivity contribution is 6.30. The molecule has 5 nitrogen and oxygen atoms in total. The Bertz CT molecular complexity index is 1160. The van der Waals surface area contributed by atoms with Gasteiger partial charge in [0.2, 0.25) is 0 Å². The van der Waals surface area contributed by atoms with Gasteiger partial charge in [0, 0.05) is 28.2 Å². The van der Waals surface area contributed by atoms with E-state index in [1.165, 1.54) is 7.11 Å². The Kier molecular flexibility index (Phi) is 6.65. The molecule has 0 saturated heterocycles. The van der Waals surface area contributed by atoms with Gasteiger partial charge in [-0.15, -0.1) is 0 Å². The van der Waals surface area contributed by atoms with Gasteiger partial charge in [0.25, 0.3) is 5.91 Å². The van der Waals surface area contributed by atoms with E-state index >= 15 is 0 Å². The summed E-state index contributed by atoms with van der Waals surface area (Å²) in [6.45, 7) is 0. The largest absolute Gasteiger partial charge is 0.496 e. The molecule has 0 spiro atoms. The molecule has 0 aliphatic heterocycles. The molecule has 1 aliphatic carbocycles. The topological polar surface area (TPSA) is 63.2 Å². The lowest BCUT2D eigenvalue weighted by atomic mass is 9.90. The van der Waals surface area contributed by atoms with Crippen molar-refractivity contribution in [1.82, 2.24) is 10.3 Å². The van der Waals surface area contributed by atoms with Gasteiger partial charge in [-0.05, 0) is 56.0 Å². The van der Waals surface area contributed by atoms with Gasteiger partial charge >= 0.3 is 6.18 Å². The van der Waals surface area contributed by atoms with E-state index in [4.69, 9.17) is 16.3 Å². The molecule has 1 aromatic heterocycles. The molecule has 4 rings (SSSR count). The maximum absolute atomic E-state index is 13.3. The van der Waals surface area contributed by atoms with E-state index in [-0.39, 0.29) is 18.0 Å². The second-order valence-electron chi connectivity index (χ2n) is 8.08. The summed E-state index contributed by atoms with van der Waals surface area (Å²) in [5.74, 6) is 0.162. The molecule has 0 radical (unpaired) electrons. The number of methoxy groups -OCH3 is 1. The van der Waals surface area contributed by atoms with Crippen LogP contribution in [0.2, 0.25) is 5.02 Å². The van der Waals surface area contributed by atoms with E-state index in [2.05, 4.69) is 15.6 Å². The van der Waals surface area contributed by atoms with Crippen molar-refractivity contribution in [3.8, 4) is 5.75 Å². The van der Waals surface area contributed by atoms with Gasteiger partial charge in [0.1, 0.15) is 11.4 Å². The third kappa shape index (κ3) is 5.33. The zero-order valence-electron chi connectivity index (χ0n) is 17.9. The molecular formula is C24H23ClF3N3O2. The smallest absolute Gasteiger partial charge is 0.433 e. The number of nitrogens with zero attached hydrogens (tertiary/aromatic N) is 1. The maximum Gasteiger partial charge on any atom is 0.433 e. The molecule has 1 amide bonds. The van der Waals surface area contributed by atoms with Crippen molar-refractivity contribution in [3.63, 3.8) is 0 Å². The molecule has 9 heteroatoms. The molecular weight excluding hydrogens is 455 g/mol. The Morgan fingerprint density at radius 1 is 1.06 bits per heavy atom. The second-order valence-corrected chi connectivity index (χ2v) is 8.52. The van der Waals surface area contributed by atoms with Crippen molar-refractivity contribution in [1.29, 1.82) is 0 Å². The van der Waals surface area contributed by atoms with Gasteiger partial charge in [-0.3, -0.25) is 4.79 Å². The number of benzene rings is 2. The summed E-state index contributed by atoms with van der Waals surface area (Å²) < 4.78 is 45.2. The molecule has 1 aliphatic rings. The van der Waals surface area contributed by atoms with Gasteiger partial charge < -0.3 is 15.4 Å². The Balaban J connectivity index is 1.42. The number of para-hydroxylation sites is 1. The van der Waals surface area contributed by atoms with E-state index in [0.29, 0.717) is 58.6 Å². The highest BCUT2D eigenvalue weighted by atomic mass is 35.5. The summed E-state index contributed by atoms with van der Waals surface area (Å²) in [6.07, 6.45) is -1.70. The summed E-state index contributed by atoms with van der Waals surface area (Å²) in [4.78, 5) is 16.5. The number of pyridine rings is 1. The zero-order chi connectivity index (χ0) is 23.6. The fraction of sp³-hybridized carbons (Fsp3) is 0.333. The van der Waals surface area contributed by atoms with Crippen molar-refractivity contribution < 1.29 is 22.7 Å². The number of alkyl halides is 3. The van der Waals surface area contributed by atoms with Crippen molar-refractivity contribution >= 4 is 34.1 Å². The van der Waals surface area contributed by atoms with Crippen LogP contribution < -0.4 is 15.4 Å². The van der Waals surface area contributed by atoms with Crippen LogP contribution in [0.4, 0.5) is 18.9 Å². The number of amides is 1. The third-order valence-corrected chi connectivity index (χ3v) is 6.07. The van der Waals surface area contributed by atoms with Crippen molar-refractivity contribution in [3.05, 3.63) is 64.8 Å².